The summed E-state index contributed by atoms with van der Waals surface area (Å²) < 4.78 is 1.88. The molecule has 0 aliphatic rings. The summed E-state index contributed by atoms with van der Waals surface area (Å²) >= 11 is 0. The molecule has 0 spiro atoms. The van der Waals surface area contributed by atoms with Crippen LogP contribution >= 0.6 is 0 Å². The van der Waals surface area contributed by atoms with E-state index < -0.39 is 0 Å². The van der Waals surface area contributed by atoms with E-state index in [0.717, 1.165) is 17.1 Å². The number of amides is 1. The van der Waals surface area contributed by atoms with Gasteiger partial charge in [0.05, 0.1) is 6.54 Å². The Bertz CT molecular complexity index is 593. The smallest absolute Gasteiger partial charge is 0.221 e. The van der Waals surface area contributed by atoms with Gasteiger partial charge in [0.25, 0.3) is 0 Å². The molecule has 0 fully saturated rings. The maximum absolute atomic E-state index is 11.1. The van der Waals surface area contributed by atoms with Gasteiger partial charge in [0, 0.05) is 25.7 Å². The van der Waals surface area contributed by atoms with Gasteiger partial charge in [-0.2, -0.15) is 0 Å². The minimum Gasteiger partial charge on any atom is -0.326 e. The van der Waals surface area contributed by atoms with Crippen LogP contribution in [0.2, 0.25) is 0 Å². The summed E-state index contributed by atoms with van der Waals surface area (Å²) in [4.78, 5) is 11.1. The van der Waals surface area contributed by atoms with Crippen LogP contribution in [0, 0.1) is 0 Å². The zero-order chi connectivity index (χ0) is 14.5. The highest BCUT2D eigenvalue weighted by Gasteiger charge is 2.08. The average molecular weight is 273 g/mol. The van der Waals surface area contributed by atoms with Crippen molar-refractivity contribution in [2.75, 3.05) is 5.32 Å². The van der Waals surface area contributed by atoms with Crippen LogP contribution in [-0.2, 0) is 18.4 Å². The van der Waals surface area contributed by atoms with Gasteiger partial charge in [0.1, 0.15) is 12.2 Å². The van der Waals surface area contributed by atoms with Crippen LogP contribution in [0.1, 0.15) is 31.3 Å². The fourth-order valence-electron chi connectivity index (χ4n) is 1.92. The molecule has 1 aromatic heterocycles. The van der Waals surface area contributed by atoms with E-state index in [9.17, 15) is 4.79 Å². The molecule has 0 saturated heterocycles. The molecular weight excluding hydrogens is 254 g/mol. The Morgan fingerprint density at radius 3 is 2.90 bits per heavy atom. The standard InChI is InChI=1S/C14H19N5O/c1-10(15-8-14-18-16-9-19(14)3)12-5-4-6-13(7-12)17-11(2)20/h4-7,9-10,15H,8H2,1-3H3,(H,17,20). The minimum absolute atomic E-state index is 0.0677. The van der Waals surface area contributed by atoms with Crippen LogP contribution in [0.5, 0.6) is 0 Å². The number of aromatic nitrogens is 3. The number of anilines is 1. The molecule has 6 nitrogen and oxygen atoms in total. The van der Waals surface area contributed by atoms with E-state index in [-0.39, 0.29) is 11.9 Å². The highest BCUT2D eigenvalue weighted by atomic mass is 16.1. The van der Waals surface area contributed by atoms with Gasteiger partial charge >= 0.3 is 0 Å². The summed E-state index contributed by atoms with van der Waals surface area (Å²) in [6, 6.07) is 7.96. The third-order valence-electron chi connectivity index (χ3n) is 3.08. The third-order valence-corrected chi connectivity index (χ3v) is 3.08. The summed E-state index contributed by atoms with van der Waals surface area (Å²) in [5, 5.41) is 14.0. The zero-order valence-electron chi connectivity index (χ0n) is 11.9. The van der Waals surface area contributed by atoms with E-state index in [2.05, 4.69) is 27.8 Å². The maximum atomic E-state index is 11.1. The van der Waals surface area contributed by atoms with Crippen LogP contribution < -0.4 is 10.6 Å². The molecule has 6 heteroatoms. The third kappa shape index (κ3) is 3.64. The van der Waals surface area contributed by atoms with Crippen LogP contribution in [0.25, 0.3) is 0 Å². The highest BCUT2D eigenvalue weighted by molar-refractivity contribution is 5.88. The van der Waals surface area contributed by atoms with Gasteiger partial charge in [-0.05, 0) is 24.6 Å². The van der Waals surface area contributed by atoms with Crippen molar-refractivity contribution in [3.05, 3.63) is 42.0 Å². The Kier molecular flexibility index (Phi) is 4.47. The van der Waals surface area contributed by atoms with E-state index in [0.29, 0.717) is 6.54 Å². The number of hydrogen-bond acceptors (Lipinski definition) is 4. The second kappa shape index (κ2) is 6.29. The predicted molar refractivity (Wildman–Crippen MR) is 77.0 cm³/mol. The lowest BCUT2D eigenvalue weighted by Crippen LogP contribution is -2.20. The Hall–Kier alpha value is -2.21. The summed E-state index contributed by atoms with van der Waals surface area (Å²) in [6.07, 6.45) is 1.68. The molecule has 0 bridgehead atoms. The van der Waals surface area contributed by atoms with Gasteiger partial charge in [-0.1, -0.05) is 12.1 Å². The number of aryl methyl sites for hydroxylation is 1. The zero-order valence-corrected chi connectivity index (χ0v) is 11.9. The molecule has 0 saturated carbocycles. The van der Waals surface area contributed by atoms with Crippen molar-refractivity contribution in [1.82, 2.24) is 20.1 Å². The quantitative estimate of drug-likeness (QED) is 0.868. The van der Waals surface area contributed by atoms with Crippen LogP contribution in [0.3, 0.4) is 0 Å². The second-order valence-corrected chi connectivity index (χ2v) is 4.77. The molecule has 0 radical (unpaired) electrons. The molecule has 1 heterocycles. The first-order valence-corrected chi connectivity index (χ1v) is 6.50. The number of carbonyl (C=O) groups is 1. The Labute approximate surface area is 118 Å². The molecule has 1 amide bonds. The highest BCUT2D eigenvalue weighted by Crippen LogP contribution is 2.17. The first-order valence-electron chi connectivity index (χ1n) is 6.50. The van der Waals surface area contributed by atoms with Crippen molar-refractivity contribution in [3.8, 4) is 0 Å². The molecule has 106 valence electrons. The fourth-order valence-corrected chi connectivity index (χ4v) is 1.92. The minimum atomic E-state index is -0.0677. The molecule has 1 aromatic carbocycles. The number of nitrogens with zero attached hydrogens (tertiary/aromatic N) is 3. The van der Waals surface area contributed by atoms with Crippen LogP contribution in [-0.4, -0.2) is 20.7 Å². The average Bonchev–Trinajstić information content (AvgIpc) is 2.81. The molecule has 0 aliphatic heterocycles. The van der Waals surface area contributed by atoms with Gasteiger partial charge in [-0.3, -0.25) is 4.79 Å². The molecule has 1 unspecified atom stereocenters. The van der Waals surface area contributed by atoms with Crippen molar-refractivity contribution in [1.29, 1.82) is 0 Å². The van der Waals surface area contributed by atoms with Gasteiger partial charge in [-0.15, -0.1) is 10.2 Å². The molecule has 2 rings (SSSR count). The van der Waals surface area contributed by atoms with Crippen molar-refractivity contribution < 1.29 is 4.79 Å². The van der Waals surface area contributed by atoms with Crippen molar-refractivity contribution in [3.63, 3.8) is 0 Å². The van der Waals surface area contributed by atoms with Gasteiger partial charge in [-0.25, -0.2) is 0 Å². The largest absolute Gasteiger partial charge is 0.326 e. The van der Waals surface area contributed by atoms with Gasteiger partial charge in [0.15, 0.2) is 0 Å². The predicted octanol–water partition coefficient (Wildman–Crippen LogP) is 1.62. The Balaban J connectivity index is 2.00. The monoisotopic (exact) mass is 273 g/mol. The normalized spacial score (nSPS) is 12.2. The lowest BCUT2D eigenvalue weighted by Gasteiger charge is -2.15. The number of rotatable bonds is 5. The molecule has 20 heavy (non-hydrogen) atoms. The summed E-state index contributed by atoms with van der Waals surface area (Å²) in [6.45, 7) is 4.22. The van der Waals surface area contributed by atoms with Crippen LogP contribution in [0.4, 0.5) is 5.69 Å². The summed E-state index contributed by atoms with van der Waals surface area (Å²) in [5.74, 6) is 0.816. The molecule has 0 aliphatic carbocycles. The Morgan fingerprint density at radius 2 is 2.25 bits per heavy atom. The van der Waals surface area contributed by atoms with Crippen LogP contribution in [0.15, 0.2) is 30.6 Å². The Morgan fingerprint density at radius 1 is 1.45 bits per heavy atom. The molecular formula is C14H19N5O. The first kappa shape index (κ1) is 14.2. The maximum Gasteiger partial charge on any atom is 0.221 e. The van der Waals surface area contributed by atoms with Crippen molar-refractivity contribution in [2.45, 2.75) is 26.4 Å². The van der Waals surface area contributed by atoms with E-state index >= 15 is 0 Å². The van der Waals surface area contributed by atoms with E-state index in [4.69, 9.17) is 0 Å². The topological polar surface area (TPSA) is 71.8 Å². The molecule has 2 N–H and O–H groups in total. The number of benzene rings is 1. The molecule has 1 atom stereocenters. The SMILES string of the molecule is CC(=O)Nc1cccc(C(C)NCc2nncn2C)c1. The first-order chi connectivity index (χ1) is 9.56. The fraction of sp³-hybridized carbons (Fsp3) is 0.357. The lowest BCUT2D eigenvalue weighted by molar-refractivity contribution is -0.114. The van der Waals surface area contributed by atoms with Gasteiger partial charge in [0.2, 0.25) is 5.91 Å². The van der Waals surface area contributed by atoms with E-state index in [1.165, 1.54) is 6.92 Å². The number of nitrogens with one attached hydrogen (secondary N) is 2. The van der Waals surface area contributed by atoms with Gasteiger partial charge < -0.3 is 15.2 Å². The number of carbonyl (C=O) groups excluding carboxylic acids is 1. The van der Waals surface area contributed by atoms with Crippen molar-refractivity contribution in [2.24, 2.45) is 7.05 Å². The molecule has 2 aromatic rings. The summed E-state index contributed by atoms with van der Waals surface area (Å²) in [7, 11) is 1.92. The van der Waals surface area contributed by atoms with E-state index in [1.807, 2.05) is 35.9 Å². The number of hydrogen-bond donors (Lipinski definition) is 2. The summed E-state index contributed by atoms with van der Waals surface area (Å²) in [5.41, 5.74) is 1.92. The van der Waals surface area contributed by atoms with E-state index in [1.54, 1.807) is 6.33 Å². The lowest BCUT2D eigenvalue weighted by atomic mass is 10.1. The van der Waals surface area contributed by atoms with Crippen molar-refractivity contribution >= 4 is 11.6 Å². The second-order valence-electron chi connectivity index (χ2n) is 4.77.